The van der Waals surface area contributed by atoms with Crippen LogP contribution in [0.25, 0.3) is 0 Å². The molecule has 2 heterocycles. The van der Waals surface area contributed by atoms with E-state index in [2.05, 4.69) is 26.7 Å². The first-order valence-corrected chi connectivity index (χ1v) is 7.35. The Kier molecular flexibility index (Phi) is 2.83. The third-order valence-corrected chi connectivity index (χ3v) is 6.01. The molecule has 3 atom stereocenters. The minimum absolute atomic E-state index is 0.407. The molecule has 1 spiro atoms. The van der Waals surface area contributed by atoms with Crippen LogP contribution >= 0.6 is 0 Å². The quantitative estimate of drug-likeness (QED) is 0.593. The fraction of sp³-hybridized carbons (Fsp3) is 1.00. The lowest BCUT2D eigenvalue weighted by atomic mass is 9.52. The molecule has 1 aliphatic carbocycles. The van der Waals surface area contributed by atoms with Crippen LogP contribution in [-0.4, -0.2) is 45.1 Å². The van der Waals surface area contributed by atoms with Gasteiger partial charge in [-0.3, -0.25) is 4.90 Å². The van der Waals surface area contributed by atoms with Gasteiger partial charge in [-0.2, -0.15) is 0 Å². The number of hydrogen-bond acceptors (Lipinski definition) is 2. The SMILES string of the molecule is BC1(C)CCCCC2C1CCN(C)C21COC1. The second kappa shape index (κ2) is 3.99. The summed E-state index contributed by atoms with van der Waals surface area (Å²) < 4.78 is 5.60. The van der Waals surface area contributed by atoms with Crippen molar-refractivity contribution in [2.45, 2.75) is 49.9 Å². The van der Waals surface area contributed by atoms with Crippen molar-refractivity contribution in [2.75, 3.05) is 26.8 Å². The lowest BCUT2D eigenvalue weighted by Gasteiger charge is -2.60. The van der Waals surface area contributed by atoms with E-state index in [0.717, 1.165) is 25.0 Å². The second-order valence-electron chi connectivity index (χ2n) is 7.25. The Morgan fingerprint density at radius 1 is 1.18 bits per heavy atom. The summed E-state index contributed by atoms with van der Waals surface area (Å²) in [5, 5.41) is 0.547. The average molecular weight is 235 g/mol. The molecular formula is C14H26BNO. The topological polar surface area (TPSA) is 12.5 Å². The number of likely N-dealkylation sites (tertiary alicyclic amines) is 1. The Hall–Kier alpha value is -0.0151. The summed E-state index contributed by atoms with van der Waals surface area (Å²) in [7, 11) is 4.82. The Balaban J connectivity index is 1.91. The van der Waals surface area contributed by atoms with Crippen LogP contribution in [0.2, 0.25) is 5.31 Å². The molecule has 96 valence electrons. The van der Waals surface area contributed by atoms with Crippen LogP contribution in [-0.2, 0) is 4.74 Å². The zero-order chi connectivity index (χ0) is 12.1. The summed E-state index contributed by atoms with van der Waals surface area (Å²) >= 11 is 0. The van der Waals surface area contributed by atoms with Crippen LogP contribution in [0.1, 0.15) is 39.0 Å². The molecule has 3 aliphatic rings. The molecule has 0 amide bonds. The van der Waals surface area contributed by atoms with Gasteiger partial charge < -0.3 is 4.74 Å². The van der Waals surface area contributed by atoms with Gasteiger partial charge in [0.1, 0.15) is 7.85 Å². The second-order valence-corrected chi connectivity index (χ2v) is 7.25. The van der Waals surface area contributed by atoms with Crippen LogP contribution in [0.5, 0.6) is 0 Å². The van der Waals surface area contributed by atoms with E-state index in [0.29, 0.717) is 10.9 Å². The molecule has 0 radical (unpaired) electrons. The molecule has 2 saturated heterocycles. The molecule has 3 rings (SSSR count). The normalized spacial score (nSPS) is 46.0. The predicted molar refractivity (Wildman–Crippen MR) is 73.2 cm³/mol. The highest BCUT2D eigenvalue weighted by Gasteiger charge is 2.56. The minimum Gasteiger partial charge on any atom is -0.377 e. The molecule has 3 heteroatoms. The van der Waals surface area contributed by atoms with Gasteiger partial charge in [-0.25, -0.2) is 0 Å². The van der Waals surface area contributed by atoms with Crippen LogP contribution < -0.4 is 0 Å². The molecule has 0 aromatic rings. The molecule has 0 aromatic carbocycles. The summed E-state index contributed by atoms with van der Waals surface area (Å²) in [5.41, 5.74) is 0.407. The van der Waals surface area contributed by atoms with Crippen molar-refractivity contribution in [3.63, 3.8) is 0 Å². The van der Waals surface area contributed by atoms with Gasteiger partial charge in [-0.15, -0.1) is 0 Å². The third-order valence-electron chi connectivity index (χ3n) is 6.01. The van der Waals surface area contributed by atoms with Gasteiger partial charge in [0.15, 0.2) is 0 Å². The standard InChI is InChI=1S/C14H26BNO/c1-13(15)7-4-3-5-12-11(13)6-8-16(2)14(12)9-17-10-14/h11-12H,3-10,15H2,1-2H3. The van der Waals surface area contributed by atoms with E-state index in [-0.39, 0.29) is 0 Å². The number of hydrogen-bond donors (Lipinski definition) is 0. The number of piperidine rings is 1. The zero-order valence-electron chi connectivity index (χ0n) is 11.7. The molecule has 0 bridgehead atoms. The van der Waals surface area contributed by atoms with Gasteiger partial charge in [0.2, 0.25) is 0 Å². The monoisotopic (exact) mass is 235 g/mol. The maximum Gasteiger partial charge on any atom is 0.109 e. The van der Waals surface area contributed by atoms with Crippen LogP contribution in [0.15, 0.2) is 0 Å². The number of ether oxygens (including phenoxy) is 1. The van der Waals surface area contributed by atoms with Crippen LogP contribution in [0.4, 0.5) is 0 Å². The van der Waals surface area contributed by atoms with E-state index in [1.807, 2.05) is 0 Å². The maximum absolute atomic E-state index is 5.60. The van der Waals surface area contributed by atoms with Crippen molar-refractivity contribution >= 4 is 7.85 Å². The van der Waals surface area contributed by atoms with Crippen molar-refractivity contribution in [3.8, 4) is 0 Å². The van der Waals surface area contributed by atoms with E-state index >= 15 is 0 Å². The first-order valence-electron chi connectivity index (χ1n) is 7.35. The Morgan fingerprint density at radius 3 is 2.59 bits per heavy atom. The average Bonchev–Trinajstić information content (AvgIpc) is 2.35. The number of rotatable bonds is 0. The molecular weight excluding hydrogens is 209 g/mol. The molecule has 2 nitrogen and oxygen atoms in total. The lowest BCUT2D eigenvalue weighted by Crippen LogP contribution is -2.69. The molecule has 0 N–H and O–H groups in total. The van der Waals surface area contributed by atoms with Crippen LogP contribution in [0, 0.1) is 11.8 Å². The minimum atomic E-state index is 0.407. The highest BCUT2D eigenvalue weighted by atomic mass is 16.5. The lowest BCUT2D eigenvalue weighted by molar-refractivity contribution is -0.193. The van der Waals surface area contributed by atoms with Crippen molar-refractivity contribution in [2.24, 2.45) is 11.8 Å². The van der Waals surface area contributed by atoms with Crippen molar-refractivity contribution in [3.05, 3.63) is 0 Å². The third kappa shape index (κ3) is 1.69. The van der Waals surface area contributed by atoms with Gasteiger partial charge in [0, 0.05) is 0 Å². The van der Waals surface area contributed by atoms with Crippen molar-refractivity contribution in [1.29, 1.82) is 0 Å². The highest BCUT2D eigenvalue weighted by Crippen LogP contribution is 2.55. The number of fused-ring (bicyclic) bond motifs is 2. The van der Waals surface area contributed by atoms with E-state index in [1.165, 1.54) is 38.6 Å². The Bertz CT molecular complexity index is 301. The Labute approximate surface area is 106 Å². The van der Waals surface area contributed by atoms with E-state index in [9.17, 15) is 0 Å². The van der Waals surface area contributed by atoms with Gasteiger partial charge in [-0.05, 0) is 38.3 Å². The van der Waals surface area contributed by atoms with E-state index in [1.54, 1.807) is 0 Å². The zero-order valence-corrected chi connectivity index (χ0v) is 11.7. The first kappa shape index (κ1) is 12.0. The van der Waals surface area contributed by atoms with Crippen molar-refractivity contribution in [1.82, 2.24) is 4.90 Å². The van der Waals surface area contributed by atoms with E-state index < -0.39 is 0 Å². The summed E-state index contributed by atoms with van der Waals surface area (Å²) in [6, 6.07) is 0. The molecule has 3 unspecified atom stereocenters. The Morgan fingerprint density at radius 2 is 1.94 bits per heavy atom. The summed E-state index contributed by atoms with van der Waals surface area (Å²) in [6.07, 6.45) is 7.12. The van der Waals surface area contributed by atoms with Crippen molar-refractivity contribution < 1.29 is 4.74 Å². The number of nitrogens with zero attached hydrogens (tertiary/aromatic N) is 1. The smallest absolute Gasteiger partial charge is 0.109 e. The van der Waals surface area contributed by atoms with E-state index in [4.69, 9.17) is 4.74 Å². The highest BCUT2D eigenvalue weighted by molar-refractivity contribution is 6.15. The molecule has 1 saturated carbocycles. The molecule has 17 heavy (non-hydrogen) atoms. The first-order chi connectivity index (χ1) is 8.06. The largest absolute Gasteiger partial charge is 0.377 e. The molecule has 0 aromatic heterocycles. The molecule has 2 aliphatic heterocycles. The maximum atomic E-state index is 5.60. The van der Waals surface area contributed by atoms with Gasteiger partial charge in [-0.1, -0.05) is 31.5 Å². The summed E-state index contributed by atoms with van der Waals surface area (Å²) in [5.74, 6) is 1.80. The predicted octanol–water partition coefficient (Wildman–Crippen LogP) is 1.71. The summed E-state index contributed by atoms with van der Waals surface area (Å²) in [6.45, 7) is 5.75. The van der Waals surface area contributed by atoms with Crippen LogP contribution in [0.3, 0.4) is 0 Å². The fourth-order valence-corrected chi connectivity index (χ4v) is 4.70. The summed E-state index contributed by atoms with van der Waals surface area (Å²) in [4.78, 5) is 2.61. The van der Waals surface area contributed by atoms with Gasteiger partial charge in [0.25, 0.3) is 0 Å². The van der Waals surface area contributed by atoms with Gasteiger partial charge in [0.05, 0.1) is 18.8 Å². The molecule has 3 fully saturated rings. The van der Waals surface area contributed by atoms with Gasteiger partial charge >= 0.3 is 0 Å². The fourth-order valence-electron chi connectivity index (χ4n) is 4.70. The number of likely N-dealkylation sites (N-methyl/N-ethyl adjacent to an activating group) is 1.